The van der Waals surface area contributed by atoms with E-state index in [2.05, 4.69) is 35.4 Å². The molecule has 2 aromatic carbocycles. The molecule has 0 bridgehead atoms. The highest BCUT2D eigenvalue weighted by Gasteiger charge is 2.28. The minimum absolute atomic E-state index is 0.0881. The van der Waals surface area contributed by atoms with Gasteiger partial charge in [0.15, 0.2) is 0 Å². The maximum atomic E-state index is 13.2. The molecule has 1 saturated heterocycles. The minimum atomic E-state index is 0.0881. The first kappa shape index (κ1) is 18.5. The van der Waals surface area contributed by atoms with Crippen molar-refractivity contribution in [3.05, 3.63) is 89.7 Å². The molecule has 0 N–H and O–H groups in total. The Hall–Kier alpha value is -2.88. The first-order valence-electron chi connectivity index (χ1n) is 10.1. The van der Waals surface area contributed by atoms with E-state index >= 15 is 0 Å². The number of aromatic nitrogens is 2. The number of nitrogens with zero attached hydrogens (tertiary/aromatic N) is 3. The summed E-state index contributed by atoms with van der Waals surface area (Å²) >= 11 is 0. The molecule has 1 atom stereocenters. The zero-order valence-electron chi connectivity index (χ0n) is 16.4. The van der Waals surface area contributed by atoms with Gasteiger partial charge in [-0.25, -0.2) is 0 Å². The second-order valence-electron chi connectivity index (χ2n) is 7.67. The molecule has 1 fully saturated rings. The van der Waals surface area contributed by atoms with Crippen LogP contribution >= 0.6 is 0 Å². The van der Waals surface area contributed by atoms with E-state index in [4.69, 9.17) is 0 Å². The number of likely N-dealkylation sites (tertiary alicyclic amines) is 1. The summed E-state index contributed by atoms with van der Waals surface area (Å²) in [5.74, 6) is 0.661. The topological polar surface area (TPSA) is 38.1 Å². The Balaban J connectivity index is 1.51. The fraction of sp³-hybridized carbons (Fsp3) is 0.333. The summed E-state index contributed by atoms with van der Waals surface area (Å²) in [7, 11) is 1.94. The molecule has 2 heterocycles. The standard InChI is InChI=1S/C24H27N3O/c1-26-16-14-23(25-26)21-13-8-15-27(18-21)24(28)17-22(19-9-4-2-5-10-19)20-11-6-3-7-12-20/h2-7,9-12,14,16,21-22H,8,13,15,17-18H2,1H3/t21-/m0/s1. The fourth-order valence-electron chi connectivity index (χ4n) is 4.20. The van der Waals surface area contributed by atoms with E-state index in [1.807, 2.05) is 59.2 Å². The lowest BCUT2D eigenvalue weighted by molar-refractivity contribution is -0.132. The largest absolute Gasteiger partial charge is 0.342 e. The molecular formula is C24H27N3O. The van der Waals surface area contributed by atoms with Gasteiger partial charge in [0.2, 0.25) is 5.91 Å². The SMILES string of the molecule is Cn1ccc([C@H]2CCCN(C(=O)CC(c3ccccc3)c3ccccc3)C2)n1. The van der Waals surface area contributed by atoms with Crippen molar-refractivity contribution < 1.29 is 4.79 Å². The Kier molecular flexibility index (Phi) is 5.56. The molecule has 4 heteroatoms. The molecule has 1 aliphatic heterocycles. The Bertz CT molecular complexity index is 864. The molecule has 1 amide bonds. The number of carbonyl (C=O) groups excluding carboxylic acids is 1. The van der Waals surface area contributed by atoms with Gasteiger partial charge in [-0.05, 0) is 30.0 Å². The van der Waals surface area contributed by atoms with E-state index < -0.39 is 0 Å². The molecule has 4 rings (SSSR count). The highest BCUT2D eigenvalue weighted by molar-refractivity contribution is 5.78. The monoisotopic (exact) mass is 373 g/mol. The summed E-state index contributed by atoms with van der Waals surface area (Å²) in [5, 5.41) is 4.56. The van der Waals surface area contributed by atoms with Crippen molar-refractivity contribution in [3.63, 3.8) is 0 Å². The lowest BCUT2D eigenvalue weighted by Crippen LogP contribution is -2.39. The summed E-state index contributed by atoms with van der Waals surface area (Å²) in [5.41, 5.74) is 3.49. The molecule has 0 radical (unpaired) electrons. The van der Waals surface area contributed by atoms with Gasteiger partial charge in [-0.1, -0.05) is 60.7 Å². The van der Waals surface area contributed by atoms with Crippen LogP contribution in [0.1, 0.15) is 47.9 Å². The van der Waals surface area contributed by atoms with Crippen LogP contribution in [0.3, 0.4) is 0 Å². The second kappa shape index (κ2) is 8.42. The number of piperidine rings is 1. The number of hydrogen-bond acceptors (Lipinski definition) is 2. The molecule has 144 valence electrons. The third-order valence-corrected chi connectivity index (χ3v) is 5.71. The normalized spacial score (nSPS) is 17.1. The van der Waals surface area contributed by atoms with Crippen LogP contribution in [0.15, 0.2) is 72.9 Å². The molecule has 1 aromatic heterocycles. The Morgan fingerprint density at radius 2 is 1.68 bits per heavy atom. The molecule has 3 aromatic rings. The van der Waals surface area contributed by atoms with Crippen molar-refractivity contribution in [2.45, 2.75) is 31.1 Å². The van der Waals surface area contributed by atoms with Crippen molar-refractivity contribution in [1.82, 2.24) is 14.7 Å². The van der Waals surface area contributed by atoms with Gasteiger partial charge in [0, 0.05) is 44.6 Å². The van der Waals surface area contributed by atoms with Crippen LogP contribution in [-0.2, 0) is 11.8 Å². The molecule has 1 aliphatic rings. The van der Waals surface area contributed by atoms with Crippen LogP contribution < -0.4 is 0 Å². The predicted molar refractivity (Wildman–Crippen MR) is 111 cm³/mol. The van der Waals surface area contributed by atoms with Gasteiger partial charge >= 0.3 is 0 Å². The number of aryl methyl sites for hydroxylation is 1. The summed E-state index contributed by atoms with van der Waals surface area (Å²) in [6.07, 6.45) is 4.62. The number of carbonyl (C=O) groups is 1. The predicted octanol–water partition coefficient (Wildman–Crippen LogP) is 4.35. The van der Waals surface area contributed by atoms with Crippen LogP contribution in [0.5, 0.6) is 0 Å². The maximum Gasteiger partial charge on any atom is 0.223 e. The van der Waals surface area contributed by atoms with Gasteiger partial charge in [-0.2, -0.15) is 5.10 Å². The Morgan fingerprint density at radius 3 is 2.25 bits per heavy atom. The number of hydrogen-bond donors (Lipinski definition) is 0. The quantitative estimate of drug-likeness (QED) is 0.667. The van der Waals surface area contributed by atoms with Gasteiger partial charge in [-0.3, -0.25) is 9.48 Å². The summed E-state index contributed by atoms with van der Waals surface area (Å²) < 4.78 is 1.84. The summed E-state index contributed by atoms with van der Waals surface area (Å²) in [4.78, 5) is 15.3. The molecule has 4 nitrogen and oxygen atoms in total. The van der Waals surface area contributed by atoms with Gasteiger partial charge in [0.05, 0.1) is 5.69 Å². The van der Waals surface area contributed by atoms with Crippen molar-refractivity contribution in [2.75, 3.05) is 13.1 Å². The van der Waals surface area contributed by atoms with Crippen molar-refractivity contribution >= 4 is 5.91 Å². The molecule has 0 spiro atoms. The van der Waals surface area contributed by atoms with Gasteiger partial charge < -0.3 is 4.90 Å². The first-order valence-corrected chi connectivity index (χ1v) is 10.1. The molecule has 28 heavy (non-hydrogen) atoms. The summed E-state index contributed by atoms with van der Waals surface area (Å²) in [6, 6.07) is 22.8. The van der Waals surface area contributed by atoms with Crippen molar-refractivity contribution in [3.8, 4) is 0 Å². The zero-order chi connectivity index (χ0) is 19.3. The van der Waals surface area contributed by atoms with Crippen LogP contribution in [0.2, 0.25) is 0 Å². The van der Waals surface area contributed by atoms with Crippen molar-refractivity contribution in [1.29, 1.82) is 0 Å². The van der Waals surface area contributed by atoms with E-state index in [0.29, 0.717) is 12.3 Å². The van der Waals surface area contributed by atoms with Crippen LogP contribution in [-0.4, -0.2) is 33.7 Å². The van der Waals surface area contributed by atoms with E-state index in [1.54, 1.807) is 0 Å². The van der Waals surface area contributed by atoms with Crippen LogP contribution in [0.4, 0.5) is 0 Å². The van der Waals surface area contributed by atoms with E-state index in [-0.39, 0.29) is 11.8 Å². The van der Waals surface area contributed by atoms with E-state index in [1.165, 1.54) is 11.1 Å². The third kappa shape index (κ3) is 4.16. The van der Waals surface area contributed by atoms with Gasteiger partial charge in [0.25, 0.3) is 0 Å². The average Bonchev–Trinajstić information content (AvgIpc) is 3.19. The van der Waals surface area contributed by atoms with Crippen LogP contribution in [0.25, 0.3) is 0 Å². The molecule has 0 aliphatic carbocycles. The van der Waals surface area contributed by atoms with Crippen molar-refractivity contribution in [2.24, 2.45) is 7.05 Å². The second-order valence-corrected chi connectivity index (χ2v) is 7.67. The van der Waals surface area contributed by atoms with Gasteiger partial charge in [0.1, 0.15) is 0 Å². The Labute approximate surface area is 166 Å². The first-order chi connectivity index (χ1) is 13.7. The molecule has 0 saturated carbocycles. The molecular weight excluding hydrogens is 346 g/mol. The fourth-order valence-corrected chi connectivity index (χ4v) is 4.20. The highest BCUT2D eigenvalue weighted by Crippen LogP contribution is 2.31. The molecule has 0 unspecified atom stereocenters. The zero-order valence-corrected chi connectivity index (χ0v) is 16.4. The third-order valence-electron chi connectivity index (χ3n) is 5.71. The number of rotatable bonds is 5. The summed E-state index contributed by atoms with van der Waals surface area (Å²) in [6.45, 7) is 1.62. The smallest absolute Gasteiger partial charge is 0.223 e. The Morgan fingerprint density at radius 1 is 1.04 bits per heavy atom. The number of benzene rings is 2. The van der Waals surface area contributed by atoms with E-state index in [9.17, 15) is 4.79 Å². The van der Waals surface area contributed by atoms with Crippen LogP contribution in [0, 0.1) is 0 Å². The lowest BCUT2D eigenvalue weighted by Gasteiger charge is -2.33. The lowest BCUT2D eigenvalue weighted by atomic mass is 9.87. The minimum Gasteiger partial charge on any atom is -0.342 e. The van der Waals surface area contributed by atoms with E-state index in [0.717, 1.165) is 31.6 Å². The van der Waals surface area contributed by atoms with Gasteiger partial charge in [-0.15, -0.1) is 0 Å². The number of amides is 1. The highest BCUT2D eigenvalue weighted by atomic mass is 16.2. The average molecular weight is 374 g/mol. The maximum absolute atomic E-state index is 13.2.